The quantitative estimate of drug-likeness (QED) is 0.769. The highest BCUT2D eigenvalue weighted by Gasteiger charge is 2.45. The summed E-state index contributed by atoms with van der Waals surface area (Å²) in [6, 6.07) is 0. The van der Waals surface area contributed by atoms with Crippen LogP contribution >= 0.6 is 0 Å². The molecule has 0 spiro atoms. The van der Waals surface area contributed by atoms with Crippen molar-refractivity contribution in [3.63, 3.8) is 0 Å². The first-order valence-electron chi connectivity index (χ1n) is 6.69. The number of hydrogen-bond donors (Lipinski definition) is 2. The molecule has 1 heterocycles. The molecular formula is C13H22N2O3. The van der Waals surface area contributed by atoms with Gasteiger partial charge in [-0.2, -0.15) is 0 Å². The zero-order valence-corrected chi connectivity index (χ0v) is 10.9. The molecule has 2 aliphatic rings. The number of carboxylic acids is 1. The van der Waals surface area contributed by atoms with Crippen LogP contribution in [0.2, 0.25) is 0 Å². The van der Waals surface area contributed by atoms with Gasteiger partial charge in [0.15, 0.2) is 0 Å². The third-order valence-electron chi connectivity index (χ3n) is 4.42. The zero-order valence-electron chi connectivity index (χ0n) is 10.9. The molecule has 5 nitrogen and oxygen atoms in total. The second-order valence-corrected chi connectivity index (χ2v) is 6.06. The molecule has 1 saturated carbocycles. The summed E-state index contributed by atoms with van der Waals surface area (Å²) >= 11 is 0. The van der Waals surface area contributed by atoms with Crippen molar-refractivity contribution in [1.82, 2.24) is 4.90 Å². The summed E-state index contributed by atoms with van der Waals surface area (Å²) in [5, 5.41) is 9.26. The van der Waals surface area contributed by atoms with Gasteiger partial charge in [0.05, 0.1) is 11.0 Å². The molecule has 0 bridgehead atoms. The summed E-state index contributed by atoms with van der Waals surface area (Å²) in [4.78, 5) is 25.4. The van der Waals surface area contributed by atoms with Crippen LogP contribution in [0.25, 0.3) is 0 Å². The summed E-state index contributed by atoms with van der Waals surface area (Å²) < 4.78 is 0. The zero-order chi connectivity index (χ0) is 13.4. The Balaban J connectivity index is 2.09. The average molecular weight is 254 g/mol. The maximum Gasteiger partial charge on any atom is 0.311 e. The van der Waals surface area contributed by atoms with E-state index in [4.69, 9.17) is 5.73 Å². The monoisotopic (exact) mass is 254 g/mol. The lowest BCUT2D eigenvalue weighted by Gasteiger charge is -2.40. The molecule has 0 aromatic rings. The average Bonchev–Trinajstić information content (AvgIpc) is 2.76. The van der Waals surface area contributed by atoms with Crippen LogP contribution in [0.1, 0.15) is 45.4 Å². The number of aliphatic carboxylic acids is 1. The van der Waals surface area contributed by atoms with Crippen LogP contribution in [0.4, 0.5) is 0 Å². The van der Waals surface area contributed by atoms with Gasteiger partial charge in [0.25, 0.3) is 0 Å². The maximum absolute atomic E-state index is 12.4. The van der Waals surface area contributed by atoms with Crippen LogP contribution < -0.4 is 5.73 Å². The molecule has 1 unspecified atom stereocenters. The Morgan fingerprint density at radius 3 is 2.33 bits per heavy atom. The molecule has 18 heavy (non-hydrogen) atoms. The first-order chi connectivity index (χ1) is 8.37. The normalized spacial score (nSPS) is 31.3. The minimum Gasteiger partial charge on any atom is -0.481 e. The second kappa shape index (κ2) is 4.53. The predicted octanol–water partition coefficient (Wildman–Crippen LogP) is 0.971. The number of rotatable bonds is 2. The molecule has 0 radical (unpaired) electrons. The maximum atomic E-state index is 12.4. The largest absolute Gasteiger partial charge is 0.481 e. The van der Waals surface area contributed by atoms with Crippen LogP contribution in [-0.4, -0.2) is 40.5 Å². The van der Waals surface area contributed by atoms with Gasteiger partial charge in [-0.3, -0.25) is 9.59 Å². The van der Waals surface area contributed by atoms with E-state index in [2.05, 4.69) is 0 Å². The van der Waals surface area contributed by atoms with Crippen molar-refractivity contribution in [1.29, 1.82) is 0 Å². The Hall–Kier alpha value is -1.10. The Kier molecular flexibility index (Phi) is 3.36. The summed E-state index contributed by atoms with van der Waals surface area (Å²) in [6.45, 7) is 2.65. The number of amides is 1. The number of carbonyl (C=O) groups is 2. The third kappa shape index (κ3) is 2.23. The van der Waals surface area contributed by atoms with Gasteiger partial charge in [0, 0.05) is 13.1 Å². The molecule has 102 valence electrons. The van der Waals surface area contributed by atoms with Crippen LogP contribution in [0.5, 0.6) is 0 Å². The number of hydrogen-bond acceptors (Lipinski definition) is 3. The van der Waals surface area contributed by atoms with Crippen molar-refractivity contribution < 1.29 is 14.7 Å². The first kappa shape index (κ1) is 13.3. The Morgan fingerprint density at radius 1 is 1.17 bits per heavy atom. The van der Waals surface area contributed by atoms with Crippen molar-refractivity contribution in [3.8, 4) is 0 Å². The van der Waals surface area contributed by atoms with E-state index in [0.717, 1.165) is 32.1 Å². The van der Waals surface area contributed by atoms with Gasteiger partial charge in [0.1, 0.15) is 0 Å². The first-order valence-corrected chi connectivity index (χ1v) is 6.69. The van der Waals surface area contributed by atoms with Gasteiger partial charge in [0.2, 0.25) is 5.91 Å². The number of carbonyl (C=O) groups excluding carboxylic acids is 1. The summed E-state index contributed by atoms with van der Waals surface area (Å²) in [5.41, 5.74) is 4.60. The van der Waals surface area contributed by atoms with Crippen LogP contribution in [0, 0.1) is 5.41 Å². The van der Waals surface area contributed by atoms with E-state index in [1.807, 2.05) is 0 Å². The fourth-order valence-corrected chi connectivity index (χ4v) is 3.12. The number of nitrogens with two attached hydrogens (primary N) is 1. The number of piperidine rings is 1. The van der Waals surface area contributed by atoms with E-state index in [-0.39, 0.29) is 5.91 Å². The lowest BCUT2D eigenvalue weighted by atomic mass is 9.81. The van der Waals surface area contributed by atoms with Crippen LogP contribution in [0.3, 0.4) is 0 Å². The summed E-state index contributed by atoms with van der Waals surface area (Å²) in [6.07, 6.45) is 4.81. The number of carboxylic acid groups (broad SMARTS) is 1. The van der Waals surface area contributed by atoms with Crippen molar-refractivity contribution in [3.05, 3.63) is 0 Å². The number of nitrogens with zero attached hydrogens (tertiary/aromatic N) is 1. The van der Waals surface area contributed by atoms with Gasteiger partial charge in [-0.25, -0.2) is 0 Å². The molecule has 5 heteroatoms. The molecule has 1 aliphatic heterocycles. The highest BCUT2D eigenvalue weighted by atomic mass is 16.4. The highest BCUT2D eigenvalue weighted by Crippen LogP contribution is 2.34. The van der Waals surface area contributed by atoms with Crippen LogP contribution in [-0.2, 0) is 9.59 Å². The Morgan fingerprint density at radius 2 is 1.78 bits per heavy atom. The molecule has 1 amide bonds. The second-order valence-electron chi connectivity index (χ2n) is 6.06. The van der Waals surface area contributed by atoms with Crippen molar-refractivity contribution in [2.24, 2.45) is 11.1 Å². The van der Waals surface area contributed by atoms with E-state index in [1.54, 1.807) is 11.8 Å². The van der Waals surface area contributed by atoms with Gasteiger partial charge in [-0.15, -0.1) is 0 Å². The van der Waals surface area contributed by atoms with E-state index in [9.17, 15) is 14.7 Å². The SMILES string of the molecule is CC1(C(=O)O)CCCN(C(=O)C2(N)CCCC2)C1. The van der Waals surface area contributed by atoms with E-state index >= 15 is 0 Å². The molecule has 0 aromatic heterocycles. The molecule has 1 aliphatic carbocycles. The summed E-state index contributed by atoms with van der Waals surface area (Å²) in [5.74, 6) is -0.871. The smallest absolute Gasteiger partial charge is 0.311 e. The molecule has 1 atom stereocenters. The molecular weight excluding hydrogens is 232 g/mol. The molecule has 2 fully saturated rings. The van der Waals surface area contributed by atoms with Gasteiger partial charge in [-0.05, 0) is 32.6 Å². The minimum absolute atomic E-state index is 0.0489. The molecule has 3 N–H and O–H groups in total. The third-order valence-corrected chi connectivity index (χ3v) is 4.42. The van der Waals surface area contributed by atoms with E-state index in [0.29, 0.717) is 19.5 Å². The van der Waals surface area contributed by atoms with E-state index in [1.165, 1.54) is 0 Å². The van der Waals surface area contributed by atoms with Crippen molar-refractivity contribution in [2.45, 2.75) is 51.0 Å². The fraction of sp³-hybridized carbons (Fsp3) is 0.846. The topological polar surface area (TPSA) is 83.6 Å². The summed E-state index contributed by atoms with van der Waals surface area (Å²) in [7, 11) is 0. The highest BCUT2D eigenvalue weighted by molar-refractivity contribution is 5.87. The van der Waals surface area contributed by atoms with Gasteiger partial charge >= 0.3 is 5.97 Å². The molecule has 1 saturated heterocycles. The van der Waals surface area contributed by atoms with Crippen LogP contribution in [0.15, 0.2) is 0 Å². The molecule has 2 rings (SSSR count). The van der Waals surface area contributed by atoms with E-state index < -0.39 is 16.9 Å². The predicted molar refractivity (Wildman–Crippen MR) is 66.9 cm³/mol. The lowest BCUT2D eigenvalue weighted by molar-refractivity contribution is -0.154. The van der Waals surface area contributed by atoms with Gasteiger partial charge in [-0.1, -0.05) is 12.8 Å². The standard InChI is InChI=1S/C13H22N2O3/c1-12(11(17)18)5-4-8-15(9-12)10(16)13(14)6-2-3-7-13/h2-9,14H2,1H3,(H,17,18). The number of likely N-dealkylation sites (tertiary alicyclic amines) is 1. The van der Waals surface area contributed by atoms with Crippen molar-refractivity contribution in [2.75, 3.05) is 13.1 Å². The Bertz CT molecular complexity index is 363. The fourth-order valence-electron chi connectivity index (χ4n) is 3.12. The minimum atomic E-state index is -0.822. The lowest BCUT2D eigenvalue weighted by Crippen LogP contribution is -2.58. The van der Waals surface area contributed by atoms with Crippen molar-refractivity contribution >= 4 is 11.9 Å². The van der Waals surface area contributed by atoms with Gasteiger partial charge < -0.3 is 15.7 Å². The molecule has 0 aromatic carbocycles. The Labute approximate surface area is 107 Å².